The highest BCUT2D eigenvalue weighted by molar-refractivity contribution is 7.90. The first-order valence-electron chi connectivity index (χ1n) is 9.65. The number of carbonyl (C=O) groups excluding carboxylic acids is 1. The maximum absolute atomic E-state index is 12.8. The highest BCUT2D eigenvalue weighted by Gasteiger charge is 2.38. The molecule has 0 radical (unpaired) electrons. The molecule has 3 heterocycles. The summed E-state index contributed by atoms with van der Waals surface area (Å²) in [4.78, 5) is 26.8. The van der Waals surface area contributed by atoms with Crippen molar-refractivity contribution in [2.45, 2.75) is 29.8 Å². The molecule has 11 heteroatoms. The van der Waals surface area contributed by atoms with Crippen molar-refractivity contribution in [3.05, 3.63) is 48.4 Å². The second-order valence-corrected chi connectivity index (χ2v) is 9.69. The van der Waals surface area contributed by atoms with Crippen molar-refractivity contribution in [1.82, 2.24) is 20.3 Å². The summed E-state index contributed by atoms with van der Waals surface area (Å²) >= 11 is 0. The van der Waals surface area contributed by atoms with Crippen LogP contribution in [0.4, 0.5) is 5.82 Å². The second kappa shape index (κ2) is 8.81. The van der Waals surface area contributed by atoms with Crippen LogP contribution in [0.1, 0.15) is 18.4 Å². The van der Waals surface area contributed by atoms with Gasteiger partial charge in [-0.15, -0.1) is 12.4 Å². The van der Waals surface area contributed by atoms with Crippen LogP contribution in [0.25, 0.3) is 11.0 Å². The van der Waals surface area contributed by atoms with Crippen LogP contribution in [-0.2, 0) is 21.2 Å². The average Bonchev–Trinajstić information content (AvgIpc) is 3.21. The minimum absolute atomic E-state index is 0. The fourth-order valence-corrected chi connectivity index (χ4v) is 4.30. The number of benzene rings is 1. The Morgan fingerprint density at radius 1 is 1.19 bits per heavy atom. The third-order valence-electron chi connectivity index (χ3n) is 5.54. The molecule has 1 amide bonds. The Morgan fingerprint density at radius 2 is 1.87 bits per heavy atom. The molecule has 3 aromatic rings. The summed E-state index contributed by atoms with van der Waals surface area (Å²) in [6.07, 6.45) is 5.52. The van der Waals surface area contributed by atoms with E-state index in [1.54, 1.807) is 12.1 Å². The van der Waals surface area contributed by atoms with E-state index in [1.807, 2.05) is 12.3 Å². The molecule has 1 aliphatic heterocycles. The van der Waals surface area contributed by atoms with Gasteiger partial charge < -0.3 is 20.9 Å². The summed E-state index contributed by atoms with van der Waals surface area (Å²) in [7, 11) is -3.24. The SMILES string of the molecule is CS(=O)(=O)c1ccc(CNC(=O)C2(N)CCN(c3ncnc4[nH]ccc34)CC2)cc1.Cl. The predicted molar refractivity (Wildman–Crippen MR) is 121 cm³/mol. The zero-order chi connectivity index (χ0) is 21.4. The van der Waals surface area contributed by atoms with E-state index in [0.717, 1.165) is 28.7 Å². The van der Waals surface area contributed by atoms with Gasteiger partial charge in [-0.1, -0.05) is 12.1 Å². The largest absolute Gasteiger partial charge is 0.356 e. The van der Waals surface area contributed by atoms with E-state index in [1.165, 1.54) is 18.5 Å². The molecule has 1 fully saturated rings. The van der Waals surface area contributed by atoms with Gasteiger partial charge in [0, 0.05) is 32.1 Å². The smallest absolute Gasteiger partial charge is 0.240 e. The highest BCUT2D eigenvalue weighted by Crippen LogP contribution is 2.28. The summed E-state index contributed by atoms with van der Waals surface area (Å²) in [5.41, 5.74) is 7.07. The van der Waals surface area contributed by atoms with Gasteiger partial charge in [-0.05, 0) is 36.6 Å². The number of anilines is 1. The van der Waals surface area contributed by atoms with Crippen LogP contribution >= 0.6 is 12.4 Å². The lowest BCUT2D eigenvalue weighted by Crippen LogP contribution is -2.59. The maximum atomic E-state index is 12.8. The second-order valence-electron chi connectivity index (χ2n) is 7.68. The van der Waals surface area contributed by atoms with Crippen LogP contribution in [0.15, 0.2) is 47.8 Å². The van der Waals surface area contributed by atoms with Crippen molar-refractivity contribution in [2.24, 2.45) is 5.73 Å². The van der Waals surface area contributed by atoms with Crippen LogP contribution in [0.5, 0.6) is 0 Å². The van der Waals surface area contributed by atoms with Gasteiger partial charge in [0.15, 0.2) is 9.84 Å². The lowest BCUT2D eigenvalue weighted by molar-refractivity contribution is -0.127. The number of nitrogens with two attached hydrogens (primary N) is 1. The number of carbonyl (C=O) groups is 1. The molecule has 1 saturated heterocycles. The van der Waals surface area contributed by atoms with Gasteiger partial charge in [-0.25, -0.2) is 18.4 Å². The first-order chi connectivity index (χ1) is 14.3. The minimum atomic E-state index is -3.24. The minimum Gasteiger partial charge on any atom is -0.356 e. The van der Waals surface area contributed by atoms with E-state index >= 15 is 0 Å². The maximum Gasteiger partial charge on any atom is 0.240 e. The Hall–Kier alpha value is -2.69. The molecule has 0 saturated carbocycles. The molecule has 31 heavy (non-hydrogen) atoms. The number of aromatic nitrogens is 3. The first kappa shape index (κ1) is 23.0. The number of hydrogen-bond acceptors (Lipinski definition) is 7. The summed E-state index contributed by atoms with van der Waals surface area (Å²) in [6, 6.07) is 8.41. The van der Waals surface area contributed by atoms with Gasteiger partial charge in [-0.3, -0.25) is 4.79 Å². The monoisotopic (exact) mass is 464 g/mol. The van der Waals surface area contributed by atoms with Gasteiger partial charge in [0.1, 0.15) is 17.8 Å². The molecular weight excluding hydrogens is 440 g/mol. The molecule has 2 aromatic heterocycles. The Labute approximate surface area is 186 Å². The van der Waals surface area contributed by atoms with Gasteiger partial charge in [0.2, 0.25) is 5.91 Å². The number of aromatic amines is 1. The Balaban J connectivity index is 0.00000272. The molecular formula is C20H25ClN6O3S. The summed E-state index contributed by atoms with van der Waals surface area (Å²) in [6.45, 7) is 1.52. The van der Waals surface area contributed by atoms with E-state index in [4.69, 9.17) is 5.73 Å². The summed E-state index contributed by atoms with van der Waals surface area (Å²) < 4.78 is 23.1. The normalized spacial score (nSPS) is 16.0. The van der Waals surface area contributed by atoms with Crippen LogP contribution < -0.4 is 16.0 Å². The van der Waals surface area contributed by atoms with Crippen molar-refractivity contribution in [1.29, 1.82) is 0 Å². The Morgan fingerprint density at radius 3 is 2.52 bits per heavy atom. The number of piperidine rings is 1. The average molecular weight is 465 g/mol. The number of nitrogens with zero attached hydrogens (tertiary/aromatic N) is 3. The third kappa shape index (κ3) is 4.81. The van der Waals surface area contributed by atoms with E-state index < -0.39 is 15.4 Å². The molecule has 0 spiro atoms. The number of H-pyrrole nitrogens is 1. The van der Waals surface area contributed by atoms with Crippen molar-refractivity contribution in [2.75, 3.05) is 24.2 Å². The van der Waals surface area contributed by atoms with E-state index in [0.29, 0.717) is 32.5 Å². The van der Waals surface area contributed by atoms with Crippen LogP contribution in [0.2, 0.25) is 0 Å². The van der Waals surface area contributed by atoms with Crippen molar-refractivity contribution >= 4 is 45.0 Å². The van der Waals surface area contributed by atoms with Gasteiger partial charge >= 0.3 is 0 Å². The van der Waals surface area contributed by atoms with Gasteiger partial charge in [0.25, 0.3) is 0 Å². The zero-order valence-corrected chi connectivity index (χ0v) is 18.7. The van der Waals surface area contributed by atoms with Crippen LogP contribution in [0, 0.1) is 0 Å². The third-order valence-corrected chi connectivity index (χ3v) is 6.67. The molecule has 1 aliphatic rings. The molecule has 9 nitrogen and oxygen atoms in total. The Kier molecular flexibility index (Phi) is 6.54. The molecule has 1 aromatic carbocycles. The lowest BCUT2D eigenvalue weighted by atomic mass is 9.87. The molecule has 166 valence electrons. The number of rotatable bonds is 5. The molecule has 4 rings (SSSR count). The number of sulfone groups is 1. The molecule has 0 aliphatic carbocycles. The quantitative estimate of drug-likeness (QED) is 0.519. The summed E-state index contributed by atoms with van der Waals surface area (Å²) in [5.74, 6) is 0.637. The fraction of sp³-hybridized carbons (Fsp3) is 0.350. The van der Waals surface area contributed by atoms with Gasteiger partial charge in [-0.2, -0.15) is 0 Å². The van der Waals surface area contributed by atoms with Crippen LogP contribution in [-0.4, -0.2) is 54.2 Å². The summed E-state index contributed by atoms with van der Waals surface area (Å²) in [5, 5.41) is 3.83. The van der Waals surface area contributed by atoms with Crippen molar-refractivity contribution in [3.63, 3.8) is 0 Å². The van der Waals surface area contributed by atoms with E-state index in [-0.39, 0.29) is 23.2 Å². The van der Waals surface area contributed by atoms with Gasteiger partial charge in [0.05, 0.1) is 15.8 Å². The highest BCUT2D eigenvalue weighted by atomic mass is 35.5. The zero-order valence-electron chi connectivity index (χ0n) is 17.0. The topological polar surface area (TPSA) is 134 Å². The standard InChI is InChI=1S/C20H24N6O3S.ClH/c1-30(28,29)15-4-2-14(3-5-15)12-23-19(27)20(21)7-10-26(11-8-20)18-16-6-9-22-17(16)24-13-25-18;/h2-6,9,13H,7-8,10-12,21H2,1H3,(H,23,27)(H,22,24,25);1H. The Bertz CT molecular complexity index is 1170. The first-order valence-corrected chi connectivity index (χ1v) is 11.5. The predicted octanol–water partition coefficient (Wildman–Crippen LogP) is 1.40. The van der Waals surface area contributed by atoms with Crippen molar-refractivity contribution < 1.29 is 13.2 Å². The molecule has 0 atom stereocenters. The lowest BCUT2D eigenvalue weighted by Gasteiger charge is -2.38. The number of nitrogens with one attached hydrogen (secondary N) is 2. The van der Waals surface area contributed by atoms with E-state index in [2.05, 4.69) is 25.2 Å². The number of halogens is 1. The number of fused-ring (bicyclic) bond motifs is 1. The van der Waals surface area contributed by atoms with E-state index in [9.17, 15) is 13.2 Å². The van der Waals surface area contributed by atoms with Crippen LogP contribution in [0.3, 0.4) is 0 Å². The number of hydrogen-bond donors (Lipinski definition) is 3. The molecule has 0 bridgehead atoms. The molecule has 4 N–H and O–H groups in total. The fourth-order valence-electron chi connectivity index (χ4n) is 3.67. The van der Waals surface area contributed by atoms with Crippen molar-refractivity contribution in [3.8, 4) is 0 Å². The number of amides is 1. The molecule has 0 unspecified atom stereocenters.